The summed E-state index contributed by atoms with van der Waals surface area (Å²) in [6.07, 6.45) is 6.39. The van der Waals surface area contributed by atoms with Crippen molar-refractivity contribution in [1.82, 2.24) is 20.0 Å². The van der Waals surface area contributed by atoms with Gasteiger partial charge in [0.1, 0.15) is 0 Å². The lowest BCUT2D eigenvalue weighted by molar-refractivity contribution is -0.155. The second-order valence-electron chi connectivity index (χ2n) is 6.42. The van der Waals surface area contributed by atoms with E-state index in [0.717, 1.165) is 43.7 Å². The number of aromatic nitrogens is 2. The third kappa shape index (κ3) is 2.10. The molecule has 0 aromatic carbocycles. The number of hydrogen-bond donors (Lipinski definition) is 0. The largest absolute Gasteiger partial charge is 0.273 e. The third-order valence-electron chi connectivity index (χ3n) is 4.50. The fraction of sp³-hybridized carbons (Fsp3) is 0.667. The average molecular weight is 274 g/mol. The molecule has 1 aromatic heterocycles. The van der Waals surface area contributed by atoms with E-state index >= 15 is 0 Å². The second-order valence-corrected chi connectivity index (χ2v) is 6.42. The van der Waals surface area contributed by atoms with Crippen molar-refractivity contribution in [2.24, 2.45) is 5.41 Å². The van der Waals surface area contributed by atoms with Gasteiger partial charge in [0.05, 0.1) is 17.4 Å². The number of hydrogen-bond acceptors (Lipinski definition) is 4. The minimum absolute atomic E-state index is 0.0496. The number of rotatable bonds is 1. The normalized spacial score (nSPS) is 26.4. The van der Waals surface area contributed by atoms with Gasteiger partial charge in [-0.1, -0.05) is 13.8 Å². The van der Waals surface area contributed by atoms with Crippen LogP contribution in [0.5, 0.6) is 0 Å². The van der Waals surface area contributed by atoms with Gasteiger partial charge in [-0.15, -0.1) is 0 Å². The van der Waals surface area contributed by atoms with Crippen LogP contribution in [0.4, 0.5) is 0 Å². The van der Waals surface area contributed by atoms with Gasteiger partial charge in [0.25, 0.3) is 0 Å². The van der Waals surface area contributed by atoms with Crippen molar-refractivity contribution < 1.29 is 4.79 Å². The van der Waals surface area contributed by atoms with E-state index in [0.29, 0.717) is 0 Å². The maximum atomic E-state index is 12.9. The van der Waals surface area contributed by atoms with Gasteiger partial charge in [0.2, 0.25) is 5.91 Å². The lowest BCUT2D eigenvalue weighted by atomic mass is 9.86. The Hall–Kier alpha value is -1.49. The van der Waals surface area contributed by atoms with Crippen LogP contribution in [-0.2, 0) is 4.79 Å². The molecule has 2 saturated heterocycles. The summed E-state index contributed by atoms with van der Waals surface area (Å²) in [5.41, 5.74) is 1.59. The van der Waals surface area contributed by atoms with Crippen molar-refractivity contribution in [1.29, 1.82) is 0 Å². The first-order chi connectivity index (χ1) is 9.50. The molecule has 108 valence electrons. The molecule has 1 unspecified atom stereocenters. The number of nitrogens with zero attached hydrogens (tertiary/aromatic N) is 4. The maximum absolute atomic E-state index is 12.9. The minimum Gasteiger partial charge on any atom is -0.273 e. The molecular formula is C15H22N4O. The Balaban J connectivity index is 1.98. The van der Waals surface area contributed by atoms with Crippen molar-refractivity contribution in [3.05, 3.63) is 23.8 Å². The average Bonchev–Trinajstić information content (AvgIpc) is 2.77. The summed E-state index contributed by atoms with van der Waals surface area (Å²) >= 11 is 0. The number of aryl methyl sites for hydroxylation is 1. The van der Waals surface area contributed by atoms with Crippen molar-refractivity contribution >= 4 is 5.91 Å². The van der Waals surface area contributed by atoms with Gasteiger partial charge >= 0.3 is 0 Å². The van der Waals surface area contributed by atoms with Crippen LogP contribution in [0.1, 0.15) is 50.5 Å². The predicted octanol–water partition coefficient (Wildman–Crippen LogP) is 2.10. The van der Waals surface area contributed by atoms with Crippen LogP contribution in [0.15, 0.2) is 12.4 Å². The van der Waals surface area contributed by atoms with Crippen molar-refractivity contribution in [2.75, 3.05) is 13.1 Å². The van der Waals surface area contributed by atoms with E-state index in [4.69, 9.17) is 0 Å². The van der Waals surface area contributed by atoms with Gasteiger partial charge in [-0.25, -0.2) is 5.01 Å². The SMILES string of the molecule is Cc1nccnc1C1CCN2CCCC(C)(C)C(=O)N12. The smallest absolute Gasteiger partial charge is 0.243 e. The summed E-state index contributed by atoms with van der Waals surface area (Å²) in [4.78, 5) is 21.7. The molecule has 0 spiro atoms. The molecule has 3 rings (SSSR count). The lowest BCUT2D eigenvalue weighted by Gasteiger charge is -2.34. The molecular weight excluding hydrogens is 252 g/mol. The first-order valence-corrected chi connectivity index (χ1v) is 7.37. The number of carbonyl (C=O) groups is 1. The number of amides is 1. The zero-order valence-electron chi connectivity index (χ0n) is 12.5. The van der Waals surface area contributed by atoms with Gasteiger partial charge in [0, 0.05) is 30.9 Å². The molecule has 0 bridgehead atoms. The van der Waals surface area contributed by atoms with Crippen LogP contribution in [0.25, 0.3) is 0 Å². The molecule has 2 aliphatic heterocycles. The lowest BCUT2D eigenvalue weighted by Crippen LogP contribution is -2.46. The molecule has 5 nitrogen and oxygen atoms in total. The van der Waals surface area contributed by atoms with E-state index in [-0.39, 0.29) is 17.4 Å². The maximum Gasteiger partial charge on any atom is 0.243 e. The number of hydrazine groups is 1. The van der Waals surface area contributed by atoms with Gasteiger partial charge in [-0.3, -0.25) is 19.8 Å². The summed E-state index contributed by atoms with van der Waals surface area (Å²) in [5, 5.41) is 4.17. The van der Waals surface area contributed by atoms with Gasteiger partial charge in [0.15, 0.2) is 0 Å². The minimum atomic E-state index is -0.284. The first-order valence-electron chi connectivity index (χ1n) is 7.37. The Morgan fingerprint density at radius 3 is 2.75 bits per heavy atom. The highest BCUT2D eigenvalue weighted by Gasteiger charge is 2.45. The van der Waals surface area contributed by atoms with Gasteiger partial charge in [-0.2, -0.15) is 0 Å². The fourth-order valence-electron chi connectivity index (χ4n) is 3.31. The molecule has 1 atom stereocenters. The summed E-state index contributed by atoms with van der Waals surface area (Å²) in [6.45, 7) is 7.97. The van der Waals surface area contributed by atoms with Crippen LogP contribution in [0.2, 0.25) is 0 Å². The van der Waals surface area contributed by atoms with Crippen molar-refractivity contribution in [2.45, 2.75) is 46.1 Å². The second kappa shape index (κ2) is 4.81. The van der Waals surface area contributed by atoms with E-state index < -0.39 is 0 Å². The van der Waals surface area contributed by atoms with Crippen LogP contribution >= 0.6 is 0 Å². The monoisotopic (exact) mass is 274 g/mol. The van der Waals surface area contributed by atoms with Crippen LogP contribution in [-0.4, -0.2) is 39.0 Å². The molecule has 1 aromatic rings. The molecule has 0 radical (unpaired) electrons. The fourth-order valence-corrected chi connectivity index (χ4v) is 3.31. The van der Waals surface area contributed by atoms with Gasteiger partial charge in [-0.05, 0) is 26.2 Å². The van der Waals surface area contributed by atoms with E-state index in [2.05, 4.69) is 28.8 Å². The van der Waals surface area contributed by atoms with Crippen LogP contribution < -0.4 is 0 Å². The summed E-state index contributed by atoms with van der Waals surface area (Å²) < 4.78 is 0. The Morgan fingerprint density at radius 1 is 1.25 bits per heavy atom. The topological polar surface area (TPSA) is 49.3 Å². The molecule has 3 heterocycles. The van der Waals surface area contributed by atoms with Gasteiger partial charge < -0.3 is 0 Å². The van der Waals surface area contributed by atoms with Crippen molar-refractivity contribution in [3.8, 4) is 0 Å². The molecule has 5 heteroatoms. The zero-order chi connectivity index (χ0) is 14.3. The highest BCUT2D eigenvalue weighted by molar-refractivity contribution is 5.82. The third-order valence-corrected chi connectivity index (χ3v) is 4.50. The highest BCUT2D eigenvalue weighted by Crippen LogP contribution is 2.39. The molecule has 0 N–H and O–H groups in total. The van der Waals surface area contributed by atoms with E-state index in [1.54, 1.807) is 12.4 Å². The van der Waals surface area contributed by atoms with Crippen LogP contribution in [0, 0.1) is 12.3 Å². The Kier molecular flexibility index (Phi) is 3.24. The van der Waals surface area contributed by atoms with E-state index in [1.165, 1.54) is 0 Å². The summed E-state index contributed by atoms with van der Waals surface area (Å²) in [6, 6.07) is 0.0496. The standard InChI is InChI=1S/C15H22N4O/c1-11-13(17-8-7-16-11)12-5-10-18-9-4-6-15(2,3)14(20)19(12)18/h7-8,12H,4-6,9-10H2,1-3H3. The molecule has 0 saturated carbocycles. The Labute approximate surface area is 120 Å². The van der Waals surface area contributed by atoms with E-state index in [1.807, 2.05) is 11.9 Å². The summed E-state index contributed by atoms with van der Waals surface area (Å²) in [5.74, 6) is 0.225. The number of fused-ring (bicyclic) bond motifs is 1. The quantitative estimate of drug-likeness (QED) is 0.787. The molecule has 2 fully saturated rings. The molecule has 0 aliphatic carbocycles. The summed E-state index contributed by atoms with van der Waals surface area (Å²) in [7, 11) is 0. The molecule has 2 aliphatic rings. The van der Waals surface area contributed by atoms with Crippen molar-refractivity contribution in [3.63, 3.8) is 0 Å². The van der Waals surface area contributed by atoms with Crippen LogP contribution in [0.3, 0.4) is 0 Å². The molecule has 1 amide bonds. The zero-order valence-corrected chi connectivity index (χ0v) is 12.5. The Bertz CT molecular complexity index is 528. The highest BCUT2D eigenvalue weighted by atomic mass is 16.2. The molecule has 20 heavy (non-hydrogen) atoms. The van der Waals surface area contributed by atoms with E-state index in [9.17, 15) is 4.79 Å². The first kappa shape index (κ1) is 13.5. The Morgan fingerprint density at radius 2 is 2.00 bits per heavy atom. The predicted molar refractivity (Wildman–Crippen MR) is 75.6 cm³/mol. The number of carbonyl (C=O) groups excluding carboxylic acids is 1.